The molecule has 1 heterocycles. The molecule has 1 N–H and O–H groups in total. The van der Waals surface area contributed by atoms with Gasteiger partial charge in [-0.25, -0.2) is 4.79 Å². The molecule has 0 saturated carbocycles. The molecule has 0 fully saturated rings. The Kier molecular flexibility index (Phi) is 5.29. The molecule has 4 nitrogen and oxygen atoms in total. The summed E-state index contributed by atoms with van der Waals surface area (Å²) in [6.45, 7) is 9.69. The van der Waals surface area contributed by atoms with Crippen LogP contribution in [0.2, 0.25) is 5.02 Å². The molecule has 0 bridgehead atoms. The number of ether oxygens (including phenoxy) is 1. The van der Waals surface area contributed by atoms with E-state index in [1.54, 1.807) is 6.07 Å². The van der Waals surface area contributed by atoms with Gasteiger partial charge in [0.1, 0.15) is 6.61 Å². The number of hydrogen-bond acceptors (Lipinski definition) is 4. The Morgan fingerprint density at radius 1 is 1.37 bits per heavy atom. The number of esters is 1. The minimum absolute atomic E-state index is 0.0418. The fourth-order valence-electron chi connectivity index (χ4n) is 3.94. The smallest absolute Gasteiger partial charge is 0.337 e. The Hall–Kier alpha value is -2.33. The van der Waals surface area contributed by atoms with Crippen molar-refractivity contribution in [3.8, 4) is 0 Å². The molecule has 27 heavy (non-hydrogen) atoms. The van der Waals surface area contributed by atoms with Crippen LogP contribution >= 0.6 is 11.6 Å². The topological polar surface area (TPSA) is 55.4 Å². The molecule has 142 valence electrons. The number of nitrogens with one attached hydrogen (secondary N) is 1. The molecule has 1 atom stereocenters. The summed E-state index contributed by atoms with van der Waals surface area (Å²) in [6, 6.07) is 7.34. The zero-order valence-corrected chi connectivity index (χ0v) is 16.7. The monoisotopic (exact) mass is 385 g/mol. The van der Waals surface area contributed by atoms with Gasteiger partial charge in [0.2, 0.25) is 0 Å². The number of Topliss-reactive ketones (excluding diaryl/α,β-unsaturated/α-hetero) is 1. The van der Waals surface area contributed by atoms with Gasteiger partial charge >= 0.3 is 5.97 Å². The summed E-state index contributed by atoms with van der Waals surface area (Å²) >= 11 is 6.47. The van der Waals surface area contributed by atoms with Gasteiger partial charge in [0.15, 0.2) is 5.78 Å². The number of carbonyl (C=O) groups excluding carboxylic acids is 2. The number of hydrogen-bond donors (Lipinski definition) is 1. The summed E-state index contributed by atoms with van der Waals surface area (Å²) in [6.07, 6.45) is 2.69. The number of halogens is 1. The van der Waals surface area contributed by atoms with E-state index >= 15 is 0 Å². The number of ketones is 1. The lowest BCUT2D eigenvalue weighted by molar-refractivity contribution is -0.138. The maximum absolute atomic E-state index is 13.1. The number of rotatable bonds is 4. The van der Waals surface area contributed by atoms with Crippen LogP contribution in [0, 0.1) is 5.41 Å². The predicted molar refractivity (Wildman–Crippen MR) is 106 cm³/mol. The van der Waals surface area contributed by atoms with Crippen molar-refractivity contribution in [2.45, 2.75) is 39.5 Å². The van der Waals surface area contributed by atoms with Crippen LogP contribution in [0.15, 0.2) is 59.5 Å². The van der Waals surface area contributed by atoms with Crippen molar-refractivity contribution < 1.29 is 14.3 Å². The lowest BCUT2D eigenvalue weighted by atomic mass is 9.68. The van der Waals surface area contributed by atoms with Crippen LogP contribution in [0.1, 0.15) is 45.1 Å². The first-order chi connectivity index (χ1) is 12.7. The van der Waals surface area contributed by atoms with Crippen LogP contribution < -0.4 is 5.32 Å². The molecule has 0 radical (unpaired) electrons. The first kappa shape index (κ1) is 19.4. The van der Waals surface area contributed by atoms with Crippen LogP contribution in [-0.2, 0) is 14.3 Å². The zero-order valence-electron chi connectivity index (χ0n) is 15.9. The van der Waals surface area contributed by atoms with E-state index < -0.39 is 11.9 Å². The van der Waals surface area contributed by atoms with Crippen LogP contribution in [0.3, 0.4) is 0 Å². The first-order valence-electron chi connectivity index (χ1n) is 9.01. The van der Waals surface area contributed by atoms with Gasteiger partial charge in [0.05, 0.1) is 5.57 Å². The maximum atomic E-state index is 13.1. The molecule has 1 aliphatic carbocycles. The third-order valence-electron chi connectivity index (χ3n) is 5.01. The highest BCUT2D eigenvalue weighted by Gasteiger charge is 2.43. The molecule has 0 aromatic heterocycles. The van der Waals surface area contributed by atoms with E-state index in [0.29, 0.717) is 28.3 Å². The summed E-state index contributed by atoms with van der Waals surface area (Å²) in [5, 5.41) is 3.82. The average molecular weight is 386 g/mol. The quantitative estimate of drug-likeness (QED) is 0.604. The van der Waals surface area contributed by atoms with E-state index in [-0.39, 0.29) is 17.8 Å². The first-order valence-corrected chi connectivity index (χ1v) is 9.39. The van der Waals surface area contributed by atoms with Gasteiger partial charge in [-0.1, -0.05) is 56.3 Å². The lowest BCUT2D eigenvalue weighted by Gasteiger charge is -2.39. The van der Waals surface area contributed by atoms with Gasteiger partial charge in [-0.15, -0.1) is 0 Å². The number of benzene rings is 1. The van der Waals surface area contributed by atoms with E-state index in [9.17, 15) is 9.59 Å². The lowest BCUT2D eigenvalue weighted by Crippen LogP contribution is -2.38. The van der Waals surface area contributed by atoms with Gasteiger partial charge in [0, 0.05) is 34.3 Å². The number of dihydropyridines is 1. The van der Waals surface area contributed by atoms with Crippen LogP contribution in [0.4, 0.5) is 0 Å². The van der Waals surface area contributed by atoms with Crippen LogP contribution in [0.25, 0.3) is 0 Å². The second-order valence-electron chi connectivity index (χ2n) is 7.84. The van der Waals surface area contributed by atoms with Crippen molar-refractivity contribution in [1.82, 2.24) is 5.32 Å². The third kappa shape index (κ3) is 3.72. The zero-order chi connectivity index (χ0) is 19.8. The van der Waals surface area contributed by atoms with Crippen molar-refractivity contribution >= 4 is 23.4 Å². The normalized spacial score (nSPS) is 21.5. The van der Waals surface area contributed by atoms with Gasteiger partial charge in [-0.3, -0.25) is 4.79 Å². The molecular formula is C22H24ClNO3. The van der Waals surface area contributed by atoms with Crippen molar-refractivity contribution in [3.05, 3.63) is 70.0 Å². The second kappa shape index (κ2) is 7.35. The molecule has 1 aromatic rings. The van der Waals surface area contributed by atoms with E-state index in [2.05, 4.69) is 25.7 Å². The minimum atomic E-state index is -0.532. The molecular weight excluding hydrogens is 362 g/mol. The molecule has 5 heteroatoms. The summed E-state index contributed by atoms with van der Waals surface area (Å²) in [4.78, 5) is 25.9. The fourth-order valence-corrected chi connectivity index (χ4v) is 4.18. The van der Waals surface area contributed by atoms with Crippen molar-refractivity contribution in [2.24, 2.45) is 5.41 Å². The fraction of sp³-hybridized carbons (Fsp3) is 0.364. The standard InChI is InChI=1S/C22H24ClNO3/c1-5-10-27-21(26)18-13(2)24-16-11-22(3,4)12-17(25)20(16)19(18)14-8-6-7-9-15(14)23/h5-9,19,24H,1,10-12H2,2-4H3/t19-/m0/s1. The van der Waals surface area contributed by atoms with Gasteiger partial charge < -0.3 is 10.1 Å². The molecule has 3 rings (SSSR count). The minimum Gasteiger partial charge on any atom is -0.458 e. The molecule has 0 unspecified atom stereocenters. The second-order valence-corrected chi connectivity index (χ2v) is 8.25. The largest absolute Gasteiger partial charge is 0.458 e. The van der Waals surface area contributed by atoms with Crippen LogP contribution in [0.5, 0.6) is 0 Å². The van der Waals surface area contributed by atoms with E-state index in [1.807, 2.05) is 25.1 Å². The highest BCUT2D eigenvalue weighted by atomic mass is 35.5. The van der Waals surface area contributed by atoms with Crippen molar-refractivity contribution in [3.63, 3.8) is 0 Å². The highest BCUT2D eigenvalue weighted by Crippen LogP contribution is 2.47. The molecule has 0 saturated heterocycles. The average Bonchev–Trinajstić information content (AvgIpc) is 2.57. The van der Waals surface area contributed by atoms with Crippen molar-refractivity contribution in [1.29, 1.82) is 0 Å². The summed E-state index contributed by atoms with van der Waals surface area (Å²) in [7, 11) is 0. The Labute approximate surface area is 164 Å². The Morgan fingerprint density at radius 2 is 2.07 bits per heavy atom. The van der Waals surface area contributed by atoms with E-state index in [1.165, 1.54) is 6.08 Å². The molecule has 1 aliphatic heterocycles. The highest BCUT2D eigenvalue weighted by molar-refractivity contribution is 6.31. The molecule has 0 spiro atoms. The van der Waals surface area contributed by atoms with Gasteiger partial charge in [-0.2, -0.15) is 0 Å². The van der Waals surface area contributed by atoms with E-state index in [4.69, 9.17) is 16.3 Å². The Morgan fingerprint density at radius 3 is 2.74 bits per heavy atom. The van der Waals surface area contributed by atoms with Gasteiger partial charge in [-0.05, 0) is 30.4 Å². The van der Waals surface area contributed by atoms with E-state index in [0.717, 1.165) is 17.7 Å². The Bertz CT molecular complexity index is 879. The van der Waals surface area contributed by atoms with Crippen LogP contribution in [-0.4, -0.2) is 18.4 Å². The summed E-state index contributed by atoms with van der Waals surface area (Å²) in [5.41, 5.74) is 3.23. The van der Waals surface area contributed by atoms with Crippen molar-refractivity contribution in [2.75, 3.05) is 6.61 Å². The summed E-state index contributed by atoms with van der Waals surface area (Å²) < 4.78 is 5.32. The third-order valence-corrected chi connectivity index (χ3v) is 5.35. The SMILES string of the molecule is C=CCOC(=O)C1=C(C)NC2=C(C(=O)CC(C)(C)C2)[C@H]1c1ccccc1Cl. The molecule has 0 amide bonds. The summed E-state index contributed by atoms with van der Waals surface area (Å²) in [5.74, 6) is -0.954. The Balaban J connectivity index is 2.18. The number of allylic oxidation sites excluding steroid dienone is 3. The maximum Gasteiger partial charge on any atom is 0.337 e. The molecule has 2 aliphatic rings. The molecule has 1 aromatic carbocycles. The van der Waals surface area contributed by atoms with Gasteiger partial charge in [0.25, 0.3) is 0 Å². The number of carbonyl (C=O) groups is 2. The predicted octanol–water partition coefficient (Wildman–Crippen LogP) is 4.67.